The van der Waals surface area contributed by atoms with Crippen LogP contribution in [0.15, 0.2) is 42.6 Å². The van der Waals surface area contributed by atoms with Crippen molar-refractivity contribution in [1.82, 2.24) is 24.6 Å². The molecular formula is C34H44N8O2. The number of benzene rings is 2. The Morgan fingerprint density at radius 2 is 1.80 bits per heavy atom. The van der Waals surface area contributed by atoms with E-state index in [2.05, 4.69) is 78.6 Å². The van der Waals surface area contributed by atoms with Crippen LogP contribution in [-0.2, 0) is 32.7 Å². The first-order chi connectivity index (χ1) is 21.2. The van der Waals surface area contributed by atoms with E-state index < -0.39 is 0 Å². The first kappa shape index (κ1) is 31.0. The Morgan fingerprint density at radius 3 is 2.48 bits per heavy atom. The highest BCUT2D eigenvalue weighted by molar-refractivity contribution is 6.06. The van der Waals surface area contributed by atoms with Crippen LogP contribution in [0.2, 0.25) is 0 Å². The SMILES string of the molecule is CCc1cccc(CC)c1NC(=O)c1nn(C)c2c1CCc1cnc(Nc3ccc(N(C)CCCN(C)C)cc3OC)nc1-2. The van der Waals surface area contributed by atoms with Crippen LogP contribution in [0.4, 0.5) is 23.0 Å². The van der Waals surface area contributed by atoms with E-state index in [0.29, 0.717) is 23.8 Å². The standard InChI is InChI=1S/C34H44N8O2/c1-8-22-12-10-13-23(9-2)29(22)37-33(43)31-26-16-14-24-21-35-34(38-30(24)32(26)42(6)39-31)36-27-17-15-25(20-28(27)44-7)41(5)19-11-18-40(3)4/h10,12-13,15,17,20-21H,8-9,11,14,16,18-19H2,1-7H3,(H,37,43)(H,35,36,38). The first-order valence-electron chi connectivity index (χ1n) is 15.4. The molecule has 2 N–H and O–H groups in total. The van der Waals surface area contributed by atoms with Crippen LogP contribution in [0.25, 0.3) is 11.4 Å². The van der Waals surface area contributed by atoms with Crippen LogP contribution in [0.3, 0.4) is 0 Å². The average molecular weight is 597 g/mol. The van der Waals surface area contributed by atoms with Crippen LogP contribution in [0.5, 0.6) is 5.75 Å². The summed E-state index contributed by atoms with van der Waals surface area (Å²) in [5.41, 5.74) is 9.02. The van der Waals surface area contributed by atoms with E-state index in [1.165, 1.54) is 0 Å². The van der Waals surface area contributed by atoms with Gasteiger partial charge in [-0.15, -0.1) is 0 Å². The van der Waals surface area contributed by atoms with Crippen molar-refractivity contribution in [1.29, 1.82) is 0 Å². The van der Waals surface area contributed by atoms with E-state index in [1.807, 2.05) is 31.4 Å². The monoisotopic (exact) mass is 596 g/mol. The summed E-state index contributed by atoms with van der Waals surface area (Å²) in [5, 5.41) is 11.2. The zero-order chi connectivity index (χ0) is 31.4. The second-order valence-electron chi connectivity index (χ2n) is 11.6. The van der Waals surface area contributed by atoms with Gasteiger partial charge >= 0.3 is 0 Å². The van der Waals surface area contributed by atoms with Gasteiger partial charge in [-0.05, 0) is 81.6 Å². The molecule has 1 amide bonds. The topological polar surface area (TPSA) is 100 Å². The van der Waals surface area contributed by atoms with E-state index in [-0.39, 0.29) is 5.91 Å². The summed E-state index contributed by atoms with van der Waals surface area (Å²) in [6, 6.07) is 12.3. The van der Waals surface area contributed by atoms with Gasteiger partial charge in [-0.2, -0.15) is 5.10 Å². The summed E-state index contributed by atoms with van der Waals surface area (Å²) in [6.07, 6.45) is 6.04. The minimum atomic E-state index is -0.190. The average Bonchev–Trinajstić information content (AvgIpc) is 3.37. The molecule has 1 aliphatic rings. The fraction of sp³-hybridized carbons (Fsp3) is 0.412. The van der Waals surface area contributed by atoms with Crippen molar-refractivity contribution in [3.05, 3.63) is 70.5 Å². The zero-order valence-corrected chi connectivity index (χ0v) is 27.0. The summed E-state index contributed by atoms with van der Waals surface area (Å²) in [7, 11) is 9.81. The summed E-state index contributed by atoms with van der Waals surface area (Å²) in [6.45, 7) is 6.19. The molecule has 44 heavy (non-hydrogen) atoms. The van der Waals surface area contributed by atoms with Crippen molar-refractivity contribution in [3.8, 4) is 17.1 Å². The van der Waals surface area contributed by atoms with Crippen molar-refractivity contribution in [2.45, 2.75) is 46.0 Å². The van der Waals surface area contributed by atoms with Gasteiger partial charge in [0.15, 0.2) is 5.69 Å². The van der Waals surface area contributed by atoms with Crippen molar-refractivity contribution < 1.29 is 9.53 Å². The first-order valence-corrected chi connectivity index (χ1v) is 15.4. The number of nitrogens with one attached hydrogen (secondary N) is 2. The molecule has 10 nitrogen and oxygen atoms in total. The number of aryl methyl sites for hydroxylation is 4. The Bertz CT molecular complexity index is 1620. The largest absolute Gasteiger partial charge is 0.494 e. The number of carbonyl (C=O) groups is 1. The third-order valence-corrected chi connectivity index (χ3v) is 8.30. The summed E-state index contributed by atoms with van der Waals surface area (Å²) in [4.78, 5) is 27.6. The molecular weight excluding hydrogens is 552 g/mol. The zero-order valence-electron chi connectivity index (χ0n) is 27.0. The van der Waals surface area contributed by atoms with Crippen molar-refractivity contribution in [2.75, 3.05) is 56.9 Å². The second kappa shape index (κ2) is 13.5. The maximum atomic E-state index is 13.6. The van der Waals surface area contributed by atoms with Gasteiger partial charge in [0.2, 0.25) is 5.95 Å². The van der Waals surface area contributed by atoms with Gasteiger partial charge < -0.3 is 25.2 Å². The van der Waals surface area contributed by atoms with Crippen LogP contribution in [-0.4, -0.2) is 71.9 Å². The number of carbonyl (C=O) groups excluding carboxylic acids is 1. The molecule has 0 saturated carbocycles. The van der Waals surface area contributed by atoms with Gasteiger partial charge in [0.1, 0.15) is 5.75 Å². The number of hydrogen-bond donors (Lipinski definition) is 2. The number of aromatic nitrogens is 4. The predicted octanol–water partition coefficient (Wildman–Crippen LogP) is 5.49. The van der Waals surface area contributed by atoms with E-state index in [0.717, 1.165) is 89.5 Å². The number of hydrogen-bond acceptors (Lipinski definition) is 8. The van der Waals surface area contributed by atoms with Crippen LogP contribution in [0, 0.1) is 0 Å². The Balaban J connectivity index is 1.39. The summed E-state index contributed by atoms with van der Waals surface area (Å²) in [5.74, 6) is 0.978. The van der Waals surface area contributed by atoms with Gasteiger partial charge in [-0.25, -0.2) is 9.97 Å². The lowest BCUT2D eigenvalue weighted by Crippen LogP contribution is -2.23. The van der Waals surface area contributed by atoms with Gasteiger partial charge in [0.25, 0.3) is 5.91 Å². The smallest absolute Gasteiger partial charge is 0.276 e. The van der Waals surface area contributed by atoms with Gasteiger partial charge in [-0.1, -0.05) is 32.0 Å². The van der Waals surface area contributed by atoms with Crippen molar-refractivity contribution in [2.24, 2.45) is 7.05 Å². The fourth-order valence-electron chi connectivity index (χ4n) is 5.87. The third kappa shape index (κ3) is 6.40. The van der Waals surface area contributed by atoms with Crippen LogP contribution < -0.4 is 20.3 Å². The molecule has 4 aromatic rings. The van der Waals surface area contributed by atoms with E-state index >= 15 is 0 Å². The number of rotatable bonds is 12. The molecule has 1 aliphatic carbocycles. The summed E-state index contributed by atoms with van der Waals surface area (Å²) >= 11 is 0. The molecule has 10 heteroatoms. The second-order valence-corrected chi connectivity index (χ2v) is 11.6. The molecule has 2 aromatic carbocycles. The molecule has 2 aromatic heterocycles. The summed E-state index contributed by atoms with van der Waals surface area (Å²) < 4.78 is 7.51. The highest BCUT2D eigenvalue weighted by Gasteiger charge is 2.29. The number of methoxy groups -OCH3 is 1. The van der Waals surface area contributed by atoms with Gasteiger partial charge in [0, 0.05) is 49.8 Å². The normalized spacial score (nSPS) is 12.1. The molecule has 5 rings (SSSR count). The number of anilines is 4. The minimum absolute atomic E-state index is 0.190. The molecule has 0 atom stereocenters. The number of fused-ring (bicyclic) bond motifs is 3. The van der Waals surface area contributed by atoms with Crippen molar-refractivity contribution in [3.63, 3.8) is 0 Å². The molecule has 2 heterocycles. The van der Waals surface area contributed by atoms with Gasteiger partial charge in [-0.3, -0.25) is 9.48 Å². The lowest BCUT2D eigenvalue weighted by atomic mass is 9.93. The Morgan fingerprint density at radius 1 is 1.05 bits per heavy atom. The molecule has 0 aliphatic heterocycles. The molecule has 0 spiro atoms. The van der Waals surface area contributed by atoms with E-state index in [9.17, 15) is 4.79 Å². The maximum Gasteiger partial charge on any atom is 0.276 e. The molecule has 0 unspecified atom stereocenters. The quantitative estimate of drug-likeness (QED) is 0.221. The minimum Gasteiger partial charge on any atom is -0.494 e. The third-order valence-electron chi connectivity index (χ3n) is 8.30. The Hall–Kier alpha value is -4.44. The van der Waals surface area contributed by atoms with Crippen LogP contribution >= 0.6 is 0 Å². The lowest BCUT2D eigenvalue weighted by molar-refractivity contribution is 0.102. The Labute approximate surface area is 260 Å². The van der Waals surface area contributed by atoms with Gasteiger partial charge in [0.05, 0.1) is 24.2 Å². The number of nitrogens with zero attached hydrogens (tertiary/aromatic N) is 6. The number of ether oxygens (including phenoxy) is 1. The molecule has 0 fully saturated rings. The van der Waals surface area contributed by atoms with Crippen LogP contribution in [0.1, 0.15) is 53.0 Å². The molecule has 0 saturated heterocycles. The molecule has 0 bridgehead atoms. The lowest BCUT2D eigenvalue weighted by Gasteiger charge is -2.22. The Kier molecular flexibility index (Phi) is 9.49. The highest BCUT2D eigenvalue weighted by Crippen LogP contribution is 2.36. The number of para-hydroxylation sites is 1. The molecule has 232 valence electrons. The fourth-order valence-corrected chi connectivity index (χ4v) is 5.87. The highest BCUT2D eigenvalue weighted by atomic mass is 16.5. The predicted molar refractivity (Wildman–Crippen MR) is 178 cm³/mol. The number of amides is 1. The maximum absolute atomic E-state index is 13.6. The van der Waals surface area contributed by atoms with E-state index in [4.69, 9.17) is 14.8 Å². The molecule has 0 radical (unpaired) electrons. The van der Waals surface area contributed by atoms with Crippen molar-refractivity contribution >= 4 is 28.9 Å². The van der Waals surface area contributed by atoms with E-state index in [1.54, 1.807) is 11.8 Å².